The van der Waals surface area contributed by atoms with Gasteiger partial charge < -0.3 is 4.74 Å². The molecule has 0 aliphatic rings. The van der Waals surface area contributed by atoms with Gasteiger partial charge in [0.1, 0.15) is 6.61 Å². The lowest BCUT2D eigenvalue weighted by molar-refractivity contribution is 0.0765. The lowest BCUT2D eigenvalue weighted by atomic mass is 10.0. The Morgan fingerprint density at radius 3 is 2.45 bits per heavy atom. The van der Waals surface area contributed by atoms with E-state index in [1.54, 1.807) is 0 Å². The van der Waals surface area contributed by atoms with Crippen LogP contribution in [0.2, 0.25) is 0 Å². The van der Waals surface area contributed by atoms with E-state index >= 15 is 0 Å². The fraction of sp³-hybridized carbons (Fsp3) is 0.278. The normalized spacial score (nSPS) is 10.5. The molecule has 0 atom stereocenters. The molecule has 0 radical (unpaired) electrons. The lowest BCUT2D eigenvalue weighted by Gasteiger charge is -2.06. The Balaban J connectivity index is 1.79. The van der Waals surface area contributed by atoms with Gasteiger partial charge in [0.05, 0.1) is 6.61 Å². The van der Waals surface area contributed by atoms with Crippen LogP contribution in [0.1, 0.15) is 27.0 Å². The molecule has 0 fully saturated rings. The van der Waals surface area contributed by atoms with Crippen molar-refractivity contribution in [2.45, 2.75) is 20.3 Å². The van der Waals surface area contributed by atoms with Gasteiger partial charge in [0.25, 0.3) is 0 Å². The first-order chi connectivity index (χ1) is 9.66. The molecule has 2 aromatic carbocycles. The molecular formula is C18H20O2. The van der Waals surface area contributed by atoms with Gasteiger partial charge >= 0.3 is 0 Å². The molecule has 0 saturated carbocycles. The highest BCUT2D eigenvalue weighted by atomic mass is 16.5. The number of ether oxygens (including phenoxy) is 1. The topological polar surface area (TPSA) is 26.3 Å². The first-order valence-electron chi connectivity index (χ1n) is 6.89. The van der Waals surface area contributed by atoms with Crippen LogP contribution in [0.5, 0.6) is 0 Å². The van der Waals surface area contributed by atoms with Crippen LogP contribution >= 0.6 is 0 Å². The quantitative estimate of drug-likeness (QED) is 0.589. The molecule has 0 saturated heterocycles. The third kappa shape index (κ3) is 4.04. The van der Waals surface area contributed by atoms with E-state index < -0.39 is 0 Å². The Labute approximate surface area is 120 Å². The fourth-order valence-corrected chi connectivity index (χ4v) is 2.00. The largest absolute Gasteiger partial charge is 0.373 e. The van der Waals surface area contributed by atoms with Gasteiger partial charge in [-0.3, -0.25) is 4.79 Å². The molecule has 20 heavy (non-hydrogen) atoms. The molecule has 0 bridgehead atoms. The minimum atomic E-state index is 0.0427. The molecular weight excluding hydrogens is 248 g/mol. The van der Waals surface area contributed by atoms with Crippen LogP contribution in [0.3, 0.4) is 0 Å². The number of benzene rings is 2. The summed E-state index contributed by atoms with van der Waals surface area (Å²) in [7, 11) is 0. The van der Waals surface area contributed by atoms with Crippen molar-refractivity contribution in [1.29, 1.82) is 0 Å². The minimum absolute atomic E-state index is 0.0427. The van der Waals surface area contributed by atoms with Crippen molar-refractivity contribution in [3.8, 4) is 0 Å². The highest BCUT2D eigenvalue weighted by Gasteiger charge is 2.07. The summed E-state index contributed by atoms with van der Waals surface area (Å²) in [6, 6.07) is 15.9. The summed E-state index contributed by atoms with van der Waals surface area (Å²) in [6.45, 7) is 4.78. The van der Waals surface area contributed by atoms with Crippen LogP contribution in [0, 0.1) is 13.8 Å². The average molecular weight is 268 g/mol. The van der Waals surface area contributed by atoms with E-state index in [1.165, 1.54) is 11.1 Å². The number of rotatable bonds is 6. The maximum Gasteiger partial charge on any atom is 0.188 e. The Kier molecular flexibility index (Phi) is 5.08. The van der Waals surface area contributed by atoms with E-state index in [-0.39, 0.29) is 12.4 Å². The zero-order valence-electron chi connectivity index (χ0n) is 12.1. The van der Waals surface area contributed by atoms with Crippen LogP contribution in [0.15, 0.2) is 48.5 Å². The molecule has 2 rings (SSSR count). The number of aryl methyl sites for hydroxylation is 2. The molecule has 0 heterocycles. The van der Waals surface area contributed by atoms with Crippen molar-refractivity contribution in [2.24, 2.45) is 0 Å². The maximum atomic E-state index is 12.0. The van der Waals surface area contributed by atoms with Gasteiger partial charge in [0.2, 0.25) is 0 Å². The standard InChI is InChI=1S/C18H20O2/c1-14-8-9-17(12-15(14)2)18(19)13-20-11-10-16-6-4-3-5-7-16/h3-9,12H,10-11,13H2,1-2H3. The number of hydrogen-bond donors (Lipinski definition) is 0. The van der Waals surface area contributed by atoms with E-state index in [4.69, 9.17) is 4.74 Å². The lowest BCUT2D eigenvalue weighted by Crippen LogP contribution is -2.11. The Hall–Kier alpha value is -1.93. The molecule has 0 N–H and O–H groups in total. The first kappa shape index (κ1) is 14.5. The van der Waals surface area contributed by atoms with Crippen LogP contribution in [0.4, 0.5) is 0 Å². The van der Waals surface area contributed by atoms with Gasteiger partial charge in [-0.05, 0) is 43.0 Å². The summed E-state index contributed by atoms with van der Waals surface area (Å²) >= 11 is 0. The number of carbonyl (C=O) groups excluding carboxylic acids is 1. The third-order valence-electron chi connectivity index (χ3n) is 3.44. The molecule has 2 aromatic rings. The molecule has 0 aliphatic carbocycles. The summed E-state index contributed by atoms with van der Waals surface area (Å²) in [4.78, 5) is 12.0. The molecule has 0 aliphatic heterocycles. The number of hydrogen-bond acceptors (Lipinski definition) is 2. The highest BCUT2D eigenvalue weighted by Crippen LogP contribution is 2.10. The zero-order chi connectivity index (χ0) is 14.4. The third-order valence-corrected chi connectivity index (χ3v) is 3.44. The van der Waals surface area contributed by atoms with Gasteiger partial charge in [-0.25, -0.2) is 0 Å². The first-order valence-corrected chi connectivity index (χ1v) is 6.89. The molecule has 0 aromatic heterocycles. The van der Waals surface area contributed by atoms with Gasteiger partial charge in [-0.15, -0.1) is 0 Å². The summed E-state index contributed by atoms with van der Waals surface area (Å²) < 4.78 is 5.47. The van der Waals surface area contributed by atoms with E-state index in [9.17, 15) is 4.79 Å². The zero-order valence-corrected chi connectivity index (χ0v) is 12.1. The summed E-state index contributed by atoms with van der Waals surface area (Å²) in [6.07, 6.45) is 0.834. The van der Waals surface area contributed by atoms with Crippen molar-refractivity contribution in [3.05, 3.63) is 70.8 Å². The van der Waals surface area contributed by atoms with Gasteiger partial charge in [-0.2, -0.15) is 0 Å². The molecule has 2 nitrogen and oxygen atoms in total. The SMILES string of the molecule is Cc1ccc(C(=O)COCCc2ccccc2)cc1C. The van der Waals surface area contributed by atoms with Gasteiger partial charge in [-0.1, -0.05) is 42.5 Å². The van der Waals surface area contributed by atoms with E-state index in [0.29, 0.717) is 6.61 Å². The summed E-state index contributed by atoms with van der Waals surface area (Å²) in [5, 5.41) is 0. The van der Waals surface area contributed by atoms with Crippen molar-refractivity contribution < 1.29 is 9.53 Å². The van der Waals surface area contributed by atoms with E-state index in [2.05, 4.69) is 12.1 Å². The smallest absolute Gasteiger partial charge is 0.188 e. The Morgan fingerprint density at radius 1 is 1.00 bits per heavy atom. The maximum absolute atomic E-state index is 12.0. The second-order valence-electron chi connectivity index (χ2n) is 5.01. The monoisotopic (exact) mass is 268 g/mol. The number of carbonyl (C=O) groups is 1. The Bertz CT molecular complexity index is 573. The summed E-state index contributed by atoms with van der Waals surface area (Å²) in [5.41, 5.74) is 4.30. The van der Waals surface area contributed by atoms with Crippen molar-refractivity contribution in [1.82, 2.24) is 0 Å². The van der Waals surface area contributed by atoms with Crippen LogP contribution in [-0.2, 0) is 11.2 Å². The predicted molar refractivity (Wildman–Crippen MR) is 81.2 cm³/mol. The van der Waals surface area contributed by atoms with Crippen LogP contribution in [-0.4, -0.2) is 19.0 Å². The molecule has 2 heteroatoms. The molecule has 0 amide bonds. The van der Waals surface area contributed by atoms with Crippen molar-refractivity contribution in [3.63, 3.8) is 0 Å². The van der Waals surface area contributed by atoms with Gasteiger partial charge in [0.15, 0.2) is 5.78 Å². The number of ketones is 1. The highest BCUT2D eigenvalue weighted by molar-refractivity contribution is 5.97. The molecule has 104 valence electrons. The second kappa shape index (κ2) is 7.01. The van der Waals surface area contributed by atoms with E-state index in [0.717, 1.165) is 17.5 Å². The minimum Gasteiger partial charge on any atom is -0.373 e. The summed E-state index contributed by atoms with van der Waals surface area (Å²) in [5.74, 6) is 0.0427. The van der Waals surface area contributed by atoms with Crippen LogP contribution in [0.25, 0.3) is 0 Å². The van der Waals surface area contributed by atoms with Crippen molar-refractivity contribution >= 4 is 5.78 Å². The van der Waals surface area contributed by atoms with Crippen molar-refractivity contribution in [2.75, 3.05) is 13.2 Å². The average Bonchev–Trinajstić information content (AvgIpc) is 2.47. The fourth-order valence-electron chi connectivity index (χ4n) is 2.00. The molecule has 0 unspecified atom stereocenters. The Morgan fingerprint density at radius 2 is 1.75 bits per heavy atom. The number of Topliss-reactive ketones (excluding diaryl/α,β-unsaturated/α-hetero) is 1. The van der Waals surface area contributed by atoms with E-state index in [1.807, 2.05) is 50.2 Å². The second-order valence-corrected chi connectivity index (χ2v) is 5.01. The van der Waals surface area contributed by atoms with Crippen LogP contribution < -0.4 is 0 Å². The predicted octanol–water partition coefficient (Wildman–Crippen LogP) is 3.75. The van der Waals surface area contributed by atoms with Gasteiger partial charge in [0, 0.05) is 5.56 Å². The molecule has 0 spiro atoms.